The van der Waals surface area contributed by atoms with E-state index in [-0.39, 0.29) is 17.2 Å². The number of halogens is 4. The molecule has 4 rings (SSSR count). The highest BCUT2D eigenvalue weighted by Gasteiger charge is 2.32. The summed E-state index contributed by atoms with van der Waals surface area (Å²) in [6.07, 6.45) is -4.18. The lowest BCUT2D eigenvalue weighted by Crippen LogP contribution is -2.30. The zero-order valence-electron chi connectivity index (χ0n) is 17.8. The molecule has 0 saturated carbocycles. The van der Waals surface area contributed by atoms with Gasteiger partial charge in [-0.15, -0.1) is 24.5 Å². The lowest BCUT2D eigenvalue weighted by atomic mass is 10.1. The highest BCUT2D eigenvalue weighted by atomic mass is 79.9. The number of sulfonamides is 1. The number of alkyl halides is 3. The van der Waals surface area contributed by atoms with Crippen LogP contribution in [0.4, 0.5) is 18.2 Å². The molecule has 0 bridgehead atoms. The summed E-state index contributed by atoms with van der Waals surface area (Å²) in [4.78, 5) is 0.118. The Kier molecular flexibility index (Phi) is 6.93. The van der Waals surface area contributed by atoms with Crippen molar-refractivity contribution in [2.45, 2.75) is 31.1 Å². The van der Waals surface area contributed by atoms with Gasteiger partial charge in [-0.1, -0.05) is 53.2 Å². The monoisotopic (exact) mass is 569 g/mol. The Hall–Kier alpha value is -2.56. The number of hydrogen-bond donors (Lipinski definition) is 0. The van der Waals surface area contributed by atoms with E-state index < -0.39 is 16.4 Å². The quantitative estimate of drug-likeness (QED) is 0.231. The topological polar surface area (TPSA) is 46.6 Å². The first-order chi connectivity index (χ1) is 16.1. The number of fused-ring (bicyclic) bond motifs is 1. The van der Waals surface area contributed by atoms with Gasteiger partial charge in [0, 0.05) is 9.17 Å². The van der Waals surface area contributed by atoms with Crippen LogP contribution in [0, 0.1) is 0 Å². The van der Waals surface area contributed by atoms with Crippen LogP contribution < -0.4 is 9.04 Å². The summed E-state index contributed by atoms with van der Waals surface area (Å²) >= 11 is 4.70. The van der Waals surface area contributed by atoms with Gasteiger partial charge in [0.1, 0.15) is 10.8 Å². The van der Waals surface area contributed by atoms with Gasteiger partial charge in [-0.2, -0.15) is 0 Å². The third-order valence-corrected chi connectivity index (χ3v) is 8.78. The van der Waals surface area contributed by atoms with E-state index in [1.807, 2.05) is 31.2 Å². The zero-order valence-corrected chi connectivity index (χ0v) is 21.1. The van der Waals surface area contributed by atoms with Crippen LogP contribution in [-0.4, -0.2) is 14.8 Å². The summed E-state index contributed by atoms with van der Waals surface area (Å²) in [5, 5.41) is 1.57. The number of ether oxygens (including phenoxy) is 1. The molecule has 4 nitrogen and oxygen atoms in total. The third kappa shape index (κ3) is 5.24. The molecule has 0 aliphatic heterocycles. The van der Waals surface area contributed by atoms with Crippen LogP contribution in [0.5, 0.6) is 5.75 Å². The van der Waals surface area contributed by atoms with Crippen molar-refractivity contribution in [2.24, 2.45) is 0 Å². The van der Waals surface area contributed by atoms with E-state index >= 15 is 0 Å². The predicted octanol–water partition coefficient (Wildman–Crippen LogP) is 7.52. The van der Waals surface area contributed by atoms with Crippen molar-refractivity contribution >= 4 is 52.4 Å². The Bertz CT molecular complexity index is 1400. The summed E-state index contributed by atoms with van der Waals surface area (Å²) in [6.45, 7) is 1.91. The Morgan fingerprint density at radius 1 is 0.971 bits per heavy atom. The summed E-state index contributed by atoms with van der Waals surface area (Å²) in [6, 6.07) is 19.3. The molecule has 0 aliphatic rings. The standard InChI is InChI=1S/C24H19BrF3NO3S2/c1-2-20-21-5-3-4-6-22(21)33-23(20)29(34(30,31)19-13-9-17(25)10-14-19)15-16-7-11-18(12-8-16)32-24(26,27)28/h3-14H,2,15H2,1H3. The van der Waals surface area contributed by atoms with Gasteiger partial charge in [0.2, 0.25) is 0 Å². The summed E-state index contributed by atoms with van der Waals surface area (Å²) in [5.74, 6) is -0.366. The normalized spacial score (nSPS) is 12.1. The van der Waals surface area contributed by atoms with Gasteiger partial charge in [0.15, 0.2) is 0 Å². The van der Waals surface area contributed by atoms with Crippen molar-refractivity contribution in [1.29, 1.82) is 0 Å². The molecule has 4 aromatic rings. The van der Waals surface area contributed by atoms with Gasteiger partial charge < -0.3 is 4.74 Å². The number of nitrogens with zero attached hydrogens (tertiary/aromatic N) is 1. The Morgan fingerprint density at radius 3 is 2.24 bits per heavy atom. The van der Waals surface area contributed by atoms with Crippen LogP contribution in [0.2, 0.25) is 0 Å². The second-order valence-corrected chi connectivity index (χ2v) is 11.2. The molecule has 1 aromatic heterocycles. The summed E-state index contributed by atoms with van der Waals surface area (Å²) in [5.41, 5.74) is 1.42. The molecule has 34 heavy (non-hydrogen) atoms. The second kappa shape index (κ2) is 9.59. The summed E-state index contributed by atoms with van der Waals surface area (Å²) < 4.78 is 72.1. The van der Waals surface area contributed by atoms with Crippen LogP contribution in [0.1, 0.15) is 18.1 Å². The lowest BCUT2D eigenvalue weighted by Gasteiger charge is -2.25. The molecule has 10 heteroatoms. The Balaban J connectivity index is 1.80. The predicted molar refractivity (Wildman–Crippen MR) is 132 cm³/mol. The molecule has 3 aromatic carbocycles. The van der Waals surface area contributed by atoms with E-state index in [0.29, 0.717) is 17.0 Å². The first kappa shape index (κ1) is 24.6. The lowest BCUT2D eigenvalue weighted by molar-refractivity contribution is -0.274. The van der Waals surface area contributed by atoms with Gasteiger partial charge in [-0.3, -0.25) is 4.31 Å². The van der Waals surface area contributed by atoms with Crippen molar-refractivity contribution in [3.8, 4) is 5.75 Å². The molecule has 1 heterocycles. The molecule has 0 saturated heterocycles. The van der Waals surface area contributed by atoms with E-state index in [9.17, 15) is 21.6 Å². The molecule has 0 radical (unpaired) electrons. The number of benzene rings is 3. The smallest absolute Gasteiger partial charge is 0.406 e. The Labute approximate surface area is 207 Å². The van der Waals surface area contributed by atoms with Crippen LogP contribution in [0.25, 0.3) is 10.1 Å². The van der Waals surface area contributed by atoms with Crippen molar-refractivity contribution < 1.29 is 26.3 Å². The maximum absolute atomic E-state index is 13.8. The number of thiophene rings is 1. The zero-order chi connectivity index (χ0) is 24.5. The van der Waals surface area contributed by atoms with Crippen LogP contribution in [0.15, 0.2) is 82.2 Å². The fourth-order valence-electron chi connectivity index (χ4n) is 3.59. The third-order valence-electron chi connectivity index (χ3n) is 5.14. The number of hydrogen-bond acceptors (Lipinski definition) is 4. The Morgan fingerprint density at radius 2 is 1.62 bits per heavy atom. The first-order valence-corrected chi connectivity index (χ1v) is 13.3. The highest BCUT2D eigenvalue weighted by molar-refractivity contribution is 9.10. The minimum absolute atomic E-state index is 0.0511. The maximum atomic E-state index is 13.8. The molecular formula is C24H19BrF3NO3S2. The average Bonchev–Trinajstić information content (AvgIpc) is 3.15. The summed E-state index contributed by atoms with van der Waals surface area (Å²) in [7, 11) is -3.98. The number of aryl methyl sites for hydroxylation is 1. The van der Waals surface area contributed by atoms with Gasteiger partial charge in [0.25, 0.3) is 10.0 Å². The van der Waals surface area contributed by atoms with Crippen molar-refractivity contribution in [1.82, 2.24) is 0 Å². The molecule has 0 unspecified atom stereocenters. The van der Waals surface area contributed by atoms with Gasteiger partial charge >= 0.3 is 6.36 Å². The van der Waals surface area contributed by atoms with Crippen LogP contribution >= 0.6 is 27.3 Å². The van der Waals surface area contributed by atoms with Crippen molar-refractivity contribution in [3.63, 3.8) is 0 Å². The molecular weight excluding hydrogens is 551 g/mol. The molecule has 0 aliphatic carbocycles. The van der Waals surface area contributed by atoms with Gasteiger partial charge in [-0.05, 0) is 65.4 Å². The number of anilines is 1. The van der Waals surface area contributed by atoms with Gasteiger partial charge in [0.05, 0.1) is 11.4 Å². The molecule has 178 valence electrons. The average molecular weight is 570 g/mol. The van der Waals surface area contributed by atoms with Crippen LogP contribution in [0.3, 0.4) is 0 Å². The second-order valence-electron chi connectivity index (χ2n) is 7.39. The molecule has 0 amide bonds. The molecule has 0 atom stereocenters. The van der Waals surface area contributed by atoms with E-state index in [2.05, 4.69) is 20.7 Å². The molecule has 0 spiro atoms. The fourth-order valence-corrected chi connectivity index (χ4v) is 6.84. The maximum Gasteiger partial charge on any atom is 0.573 e. The van der Waals surface area contributed by atoms with E-state index in [1.165, 1.54) is 52.0 Å². The van der Waals surface area contributed by atoms with E-state index in [0.717, 1.165) is 20.1 Å². The first-order valence-electron chi connectivity index (χ1n) is 10.2. The van der Waals surface area contributed by atoms with Crippen molar-refractivity contribution in [3.05, 3.63) is 88.4 Å². The van der Waals surface area contributed by atoms with E-state index in [4.69, 9.17) is 0 Å². The largest absolute Gasteiger partial charge is 0.573 e. The number of rotatable bonds is 7. The minimum Gasteiger partial charge on any atom is -0.406 e. The van der Waals surface area contributed by atoms with E-state index in [1.54, 1.807) is 12.1 Å². The molecule has 0 fully saturated rings. The van der Waals surface area contributed by atoms with Gasteiger partial charge in [-0.25, -0.2) is 8.42 Å². The fraction of sp³-hybridized carbons (Fsp3) is 0.167. The highest BCUT2D eigenvalue weighted by Crippen LogP contribution is 2.41. The van der Waals surface area contributed by atoms with Crippen LogP contribution in [-0.2, 0) is 23.0 Å². The van der Waals surface area contributed by atoms with Crippen molar-refractivity contribution in [2.75, 3.05) is 4.31 Å². The molecule has 0 N–H and O–H groups in total. The minimum atomic E-state index is -4.80. The SMILES string of the molecule is CCc1c(N(Cc2ccc(OC(F)(F)F)cc2)S(=O)(=O)c2ccc(Br)cc2)sc2ccccc12.